The van der Waals surface area contributed by atoms with Crippen LogP contribution in [0.5, 0.6) is 0 Å². The Balaban J connectivity index is 2.60. The Bertz CT molecular complexity index is 524. The Hall–Kier alpha value is -0.600. The molecule has 1 aromatic rings. The number of nitrogens with two attached hydrogens (primary N) is 1. The Morgan fingerprint density at radius 1 is 1.31 bits per heavy atom. The first-order valence-electron chi connectivity index (χ1n) is 4.72. The van der Waals surface area contributed by atoms with E-state index < -0.39 is 20.6 Å². The van der Waals surface area contributed by atoms with Gasteiger partial charge in [0.25, 0.3) is 0 Å². The van der Waals surface area contributed by atoms with Crippen molar-refractivity contribution in [2.45, 2.75) is 22.6 Å². The number of primary sulfonamides is 1. The van der Waals surface area contributed by atoms with Gasteiger partial charge in [0.1, 0.15) is 0 Å². The second kappa shape index (κ2) is 3.71. The second-order valence-corrected chi connectivity index (χ2v) is 7.53. The third-order valence-corrected chi connectivity index (χ3v) is 5.45. The molecular formula is C9H13NO4S2. The van der Waals surface area contributed by atoms with Crippen LogP contribution in [0.15, 0.2) is 28.0 Å². The molecule has 0 saturated heterocycles. The zero-order valence-corrected chi connectivity index (χ0v) is 10.1. The largest absolute Gasteiger partial charge is 0.295 e. The van der Waals surface area contributed by atoms with Gasteiger partial charge >= 0.3 is 0 Å². The summed E-state index contributed by atoms with van der Waals surface area (Å²) >= 11 is 0. The lowest BCUT2D eigenvalue weighted by molar-refractivity contribution is 0.477. The van der Waals surface area contributed by atoms with Gasteiger partial charge in [0.15, 0.2) is 0 Å². The Morgan fingerprint density at radius 2 is 2.00 bits per heavy atom. The van der Waals surface area contributed by atoms with Gasteiger partial charge in [-0.1, -0.05) is 6.07 Å². The monoisotopic (exact) mass is 263 g/mol. The molecule has 0 bridgehead atoms. The van der Waals surface area contributed by atoms with Crippen LogP contribution in [0.25, 0.3) is 0 Å². The molecule has 0 amide bonds. The van der Waals surface area contributed by atoms with Crippen LogP contribution in [0.3, 0.4) is 0 Å². The number of hydrogen-bond acceptors (Lipinski definition) is 4. The zero-order valence-electron chi connectivity index (χ0n) is 8.46. The van der Waals surface area contributed by atoms with Gasteiger partial charge in [-0.05, 0) is 30.5 Å². The highest BCUT2D eigenvalue weighted by molar-refractivity contribution is 8.24. The van der Waals surface area contributed by atoms with E-state index in [4.69, 9.17) is 5.14 Å². The highest BCUT2D eigenvalue weighted by Crippen LogP contribution is 2.53. The predicted octanol–water partition coefficient (Wildman–Crippen LogP) is 1.39. The molecule has 2 rings (SSSR count). The Labute approximate surface area is 95.7 Å². The molecule has 0 fully saturated rings. The highest BCUT2D eigenvalue weighted by Gasteiger charge is 2.25. The molecule has 0 atom stereocenters. The summed E-state index contributed by atoms with van der Waals surface area (Å²) < 4.78 is 41.9. The molecule has 16 heavy (non-hydrogen) atoms. The zero-order chi connectivity index (χ0) is 12.0. The van der Waals surface area contributed by atoms with Crippen LogP contribution in [0, 0.1) is 0 Å². The van der Waals surface area contributed by atoms with Crippen LogP contribution in [-0.2, 0) is 16.4 Å². The Kier molecular flexibility index (Phi) is 2.75. The van der Waals surface area contributed by atoms with Crippen molar-refractivity contribution in [2.24, 2.45) is 5.14 Å². The molecular weight excluding hydrogens is 250 g/mol. The summed E-state index contributed by atoms with van der Waals surface area (Å²) in [6.45, 7) is 0. The van der Waals surface area contributed by atoms with Crippen molar-refractivity contribution in [3.8, 4) is 0 Å². The molecule has 1 aliphatic heterocycles. The summed E-state index contributed by atoms with van der Waals surface area (Å²) in [6.07, 6.45) is 1.43. The standard InChI is InChI=1S/C9H13NO4S2/c10-16(13,14)8-4-3-7-2-1-5-15(11,12)9(7)6-8/h3-4,6,11-12H,1-2,5H2,(H2,10,13,14). The van der Waals surface area contributed by atoms with E-state index in [-0.39, 0.29) is 10.6 Å². The van der Waals surface area contributed by atoms with Crippen molar-refractivity contribution in [3.63, 3.8) is 0 Å². The number of rotatable bonds is 1. The molecule has 4 N–H and O–H groups in total. The fraction of sp³-hybridized carbons (Fsp3) is 0.333. The molecule has 0 spiro atoms. The average Bonchev–Trinajstić information content (AvgIpc) is 2.15. The normalized spacial score (nSPS) is 21.2. The molecule has 7 heteroatoms. The molecule has 0 unspecified atom stereocenters. The lowest BCUT2D eigenvalue weighted by atomic mass is 10.1. The second-order valence-electron chi connectivity index (χ2n) is 3.79. The lowest BCUT2D eigenvalue weighted by Gasteiger charge is -2.37. The van der Waals surface area contributed by atoms with Crippen molar-refractivity contribution in [1.82, 2.24) is 0 Å². The minimum atomic E-state index is -3.80. The van der Waals surface area contributed by atoms with E-state index in [1.165, 1.54) is 12.1 Å². The first kappa shape index (κ1) is 11.9. The number of fused-ring (bicyclic) bond motifs is 1. The SMILES string of the molecule is NS(=O)(=O)c1ccc2c(c1)S(O)(O)CCC2. The van der Waals surface area contributed by atoms with Crippen molar-refractivity contribution in [3.05, 3.63) is 23.8 Å². The maximum absolute atomic E-state index is 11.2. The first-order valence-corrected chi connectivity index (χ1v) is 7.98. The number of hydrogen-bond donors (Lipinski definition) is 3. The van der Waals surface area contributed by atoms with Gasteiger partial charge in [0, 0.05) is 5.75 Å². The van der Waals surface area contributed by atoms with Crippen molar-refractivity contribution in [1.29, 1.82) is 0 Å². The lowest BCUT2D eigenvalue weighted by Crippen LogP contribution is -2.16. The minimum absolute atomic E-state index is 0.0758. The molecule has 1 aromatic carbocycles. The summed E-state index contributed by atoms with van der Waals surface area (Å²) in [5, 5.41) is 5.00. The summed E-state index contributed by atoms with van der Waals surface area (Å²) in [4.78, 5) is 0.249. The van der Waals surface area contributed by atoms with E-state index in [9.17, 15) is 17.5 Å². The maximum atomic E-state index is 11.2. The number of sulfonamides is 1. The van der Waals surface area contributed by atoms with Crippen molar-refractivity contribution < 1.29 is 17.5 Å². The third-order valence-electron chi connectivity index (χ3n) is 2.59. The molecule has 0 saturated carbocycles. The van der Waals surface area contributed by atoms with Gasteiger partial charge in [-0.3, -0.25) is 9.11 Å². The minimum Gasteiger partial charge on any atom is -0.295 e. The first-order chi connectivity index (χ1) is 7.31. The van der Waals surface area contributed by atoms with Crippen LogP contribution in [-0.4, -0.2) is 23.3 Å². The summed E-state index contributed by atoms with van der Waals surface area (Å²) in [7, 11) is -6.64. The molecule has 90 valence electrons. The van der Waals surface area contributed by atoms with Crippen LogP contribution in [0.4, 0.5) is 0 Å². The van der Waals surface area contributed by atoms with Crippen LogP contribution in [0.2, 0.25) is 0 Å². The molecule has 0 radical (unpaired) electrons. The summed E-state index contributed by atoms with van der Waals surface area (Å²) in [5.41, 5.74) is 0.790. The maximum Gasteiger partial charge on any atom is 0.238 e. The highest BCUT2D eigenvalue weighted by atomic mass is 32.3. The molecule has 1 aliphatic rings. The third kappa shape index (κ3) is 2.09. The fourth-order valence-corrected chi connectivity index (χ4v) is 4.08. The Morgan fingerprint density at radius 3 is 2.62 bits per heavy atom. The fourth-order valence-electron chi connectivity index (χ4n) is 1.80. The number of aryl methyl sites for hydroxylation is 1. The quantitative estimate of drug-likeness (QED) is 0.712. The van der Waals surface area contributed by atoms with Gasteiger partial charge in [0.2, 0.25) is 10.0 Å². The van der Waals surface area contributed by atoms with Gasteiger partial charge in [0.05, 0.1) is 9.79 Å². The van der Waals surface area contributed by atoms with E-state index >= 15 is 0 Å². The molecule has 1 heterocycles. The van der Waals surface area contributed by atoms with Gasteiger partial charge in [-0.15, -0.1) is 0 Å². The topological polar surface area (TPSA) is 101 Å². The van der Waals surface area contributed by atoms with Gasteiger partial charge in [-0.25, -0.2) is 13.6 Å². The van der Waals surface area contributed by atoms with Crippen molar-refractivity contribution >= 4 is 20.6 Å². The van der Waals surface area contributed by atoms with Gasteiger partial charge < -0.3 is 0 Å². The smallest absolute Gasteiger partial charge is 0.238 e. The van der Waals surface area contributed by atoms with Gasteiger partial charge in [-0.2, -0.15) is 10.6 Å². The molecule has 0 aromatic heterocycles. The van der Waals surface area contributed by atoms with Crippen LogP contribution >= 0.6 is 10.6 Å². The molecule has 5 nitrogen and oxygen atoms in total. The predicted molar refractivity (Wildman–Crippen MR) is 62.1 cm³/mol. The van der Waals surface area contributed by atoms with E-state index in [1.54, 1.807) is 6.07 Å². The number of benzene rings is 1. The van der Waals surface area contributed by atoms with E-state index in [0.29, 0.717) is 11.3 Å². The average molecular weight is 263 g/mol. The van der Waals surface area contributed by atoms with Crippen molar-refractivity contribution in [2.75, 3.05) is 5.75 Å². The van der Waals surface area contributed by atoms with Crippen LogP contribution < -0.4 is 5.14 Å². The van der Waals surface area contributed by atoms with E-state index in [2.05, 4.69) is 0 Å². The molecule has 0 aliphatic carbocycles. The van der Waals surface area contributed by atoms with Crippen LogP contribution in [0.1, 0.15) is 12.0 Å². The van der Waals surface area contributed by atoms with E-state index in [1.807, 2.05) is 0 Å². The summed E-state index contributed by atoms with van der Waals surface area (Å²) in [6, 6.07) is 4.27. The van der Waals surface area contributed by atoms with E-state index in [0.717, 1.165) is 12.0 Å². The summed E-state index contributed by atoms with van der Waals surface area (Å²) in [5.74, 6) is 0.286.